The van der Waals surface area contributed by atoms with Crippen LogP contribution in [0.3, 0.4) is 0 Å². The van der Waals surface area contributed by atoms with E-state index in [9.17, 15) is 4.57 Å². The molecule has 0 radical (unpaired) electrons. The molecule has 0 aliphatic rings. The molecule has 0 unspecified atom stereocenters. The molecule has 0 aromatic rings. The van der Waals surface area contributed by atoms with Crippen molar-refractivity contribution in [2.45, 2.75) is 6.92 Å². The number of rotatable bonds is 1. The van der Waals surface area contributed by atoms with Crippen LogP contribution in [0.5, 0.6) is 0 Å². The first-order chi connectivity index (χ1) is 2.41. The second-order valence-corrected chi connectivity index (χ2v) is 1.10. The smallest absolute Gasteiger partial charge is 0.183 e. The van der Waals surface area contributed by atoms with Gasteiger partial charge >= 0.3 is 0 Å². The van der Waals surface area contributed by atoms with E-state index in [-0.39, 0.29) is 8.46 Å². The average Bonchev–Trinajstić information content (AvgIpc) is 1.41. The molecule has 0 heterocycles. The molecule has 2 heteroatoms. The lowest BCUT2D eigenvalue weighted by Gasteiger charge is -1.49. The number of allylic oxidation sites excluding steroid dienone is 1. The summed E-state index contributed by atoms with van der Waals surface area (Å²) in [7, 11) is 0.0992. The fourth-order valence-electron chi connectivity index (χ4n) is 0.0609. The van der Waals surface area contributed by atoms with Crippen molar-refractivity contribution in [1.82, 2.24) is 0 Å². The van der Waals surface area contributed by atoms with Crippen LogP contribution in [0.25, 0.3) is 0 Å². The van der Waals surface area contributed by atoms with E-state index in [0.717, 1.165) is 0 Å². The Morgan fingerprint density at radius 3 is 2.40 bits per heavy atom. The summed E-state index contributed by atoms with van der Waals surface area (Å²) in [6, 6.07) is 0. The van der Waals surface area contributed by atoms with Gasteiger partial charge in [-0.2, -0.15) is 0 Å². The van der Waals surface area contributed by atoms with Crippen LogP contribution in [-0.2, 0) is 4.57 Å². The van der Waals surface area contributed by atoms with Crippen molar-refractivity contribution in [3.63, 3.8) is 0 Å². The van der Waals surface area contributed by atoms with Gasteiger partial charge in [0.2, 0.25) is 0 Å². The van der Waals surface area contributed by atoms with Gasteiger partial charge in [0.1, 0.15) is 0 Å². The van der Waals surface area contributed by atoms with Crippen molar-refractivity contribution in [1.29, 1.82) is 0 Å². The summed E-state index contributed by atoms with van der Waals surface area (Å²) in [6.45, 7) is 1.82. The summed E-state index contributed by atoms with van der Waals surface area (Å²) >= 11 is 0. The highest BCUT2D eigenvalue weighted by Gasteiger charge is 1.50. The van der Waals surface area contributed by atoms with Crippen LogP contribution in [0.2, 0.25) is 0 Å². The Morgan fingerprint density at radius 1 is 1.80 bits per heavy atom. The van der Waals surface area contributed by atoms with Gasteiger partial charge in [-0.05, 0) is 6.92 Å². The van der Waals surface area contributed by atoms with Crippen LogP contribution < -0.4 is 0 Å². The molecule has 0 spiro atoms. The third-order valence-electron chi connectivity index (χ3n) is 0.210. The number of hydrogen-bond donors (Lipinski definition) is 0. The Morgan fingerprint density at radius 2 is 2.40 bits per heavy atom. The quantitative estimate of drug-likeness (QED) is 0.447. The normalized spacial score (nSPS) is 10.6. The fraction of sp³-hybridized carbons (Fsp3) is 0.333. The van der Waals surface area contributed by atoms with Crippen molar-refractivity contribution < 1.29 is 4.57 Å². The Bertz CT molecular complexity index is 48.9. The van der Waals surface area contributed by atoms with Crippen LogP contribution in [0.15, 0.2) is 11.9 Å². The minimum absolute atomic E-state index is 0.0992. The summed E-state index contributed by atoms with van der Waals surface area (Å²) in [5, 5.41) is 0. The van der Waals surface area contributed by atoms with Crippen LogP contribution in [0.4, 0.5) is 0 Å². The molecule has 5 heavy (non-hydrogen) atoms. The highest BCUT2D eigenvalue weighted by atomic mass is 31.1. The fourth-order valence-corrected chi connectivity index (χ4v) is 0.183. The third kappa shape index (κ3) is 3.84. The minimum Gasteiger partial charge on any atom is -0.270 e. The molecule has 0 atom stereocenters. The molecule has 0 N–H and O–H groups in total. The maximum Gasteiger partial charge on any atom is 0.183 e. The van der Waals surface area contributed by atoms with E-state index in [0.29, 0.717) is 0 Å². The van der Waals surface area contributed by atoms with Crippen LogP contribution in [0, 0.1) is 0 Å². The summed E-state index contributed by atoms with van der Waals surface area (Å²) < 4.78 is 9.42. The van der Waals surface area contributed by atoms with Gasteiger partial charge in [-0.15, -0.1) is 0 Å². The lowest BCUT2D eigenvalue weighted by molar-refractivity contribution is 0.603. The first kappa shape index (κ1) is 4.84. The Kier molecular flexibility index (Phi) is 3.72. The molecule has 0 aromatic carbocycles. The Labute approximate surface area is 32.9 Å². The van der Waals surface area contributed by atoms with E-state index in [2.05, 4.69) is 0 Å². The predicted octanol–water partition coefficient (Wildman–Crippen LogP) is 1.81. The zero-order chi connectivity index (χ0) is 4.12. The van der Waals surface area contributed by atoms with Crippen LogP contribution in [-0.4, -0.2) is 0 Å². The zero-order valence-electron chi connectivity index (χ0n) is 3.01. The largest absolute Gasteiger partial charge is 0.270 e. The predicted molar refractivity (Wildman–Crippen MR) is 22.4 cm³/mol. The zero-order valence-corrected chi connectivity index (χ0v) is 3.90. The van der Waals surface area contributed by atoms with Crippen molar-refractivity contribution in [2.75, 3.05) is 0 Å². The second-order valence-electron chi connectivity index (χ2n) is 0.588. The van der Waals surface area contributed by atoms with Crippen LogP contribution in [0.1, 0.15) is 6.92 Å². The molecule has 0 bridgehead atoms. The van der Waals surface area contributed by atoms with Gasteiger partial charge in [0.05, 0.1) is 0 Å². The van der Waals surface area contributed by atoms with Crippen LogP contribution >= 0.6 is 8.46 Å². The van der Waals surface area contributed by atoms with Crippen molar-refractivity contribution in [3.8, 4) is 0 Å². The average molecular weight is 88.0 g/mol. The summed E-state index contributed by atoms with van der Waals surface area (Å²) in [6.07, 6.45) is 1.73. The van der Waals surface area contributed by atoms with Crippen molar-refractivity contribution >= 4 is 8.46 Å². The van der Waals surface area contributed by atoms with Crippen molar-refractivity contribution in [3.05, 3.63) is 11.9 Å². The van der Waals surface area contributed by atoms with Gasteiger partial charge in [-0.3, -0.25) is 4.57 Å². The van der Waals surface area contributed by atoms with Gasteiger partial charge in [-0.1, -0.05) is 6.08 Å². The van der Waals surface area contributed by atoms with Gasteiger partial charge in [0.15, 0.2) is 8.46 Å². The SMILES string of the molecule is CC=CP=O. The first-order valence-corrected chi connectivity index (χ1v) is 2.23. The molecule has 0 saturated heterocycles. The van der Waals surface area contributed by atoms with E-state index in [1.165, 1.54) is 0 Å². The topological polar surface area (TPSA) is 17.1 Å². The monoisotopic (exact) mass is 88.0 g/mol. The summed E-state index contributed by atoms with van der Waals surface area (Å²) in [5.41, 5.74) is 0. The van der Waals surface area contributed by atoms with Gasteiger partial charge < -0.3 is 0 Å². The standard InChI is InChI=1S/C3H5OP/c1-2-3-5-4/h2-3H,1H3. The van der Waals surface area contributed by atoms with E-state index in [4.69, 9.17) is 0 Å². The van der Waals surface area contributed by atoms with Gasteiger partial charge in [0, 0.05) is 5.82 Å². The molecule has 0 amide bonds. The molecular weight excluding hydrogens is 83.0 g/mol. The summed E-state index contributed by atoms with van der Waals surface area (Å²) in [5.74, 6) is 1.54. The molecule has 0 aliphatic carbocycles. The molecule has 0 aliphatic heterocycles. The number of hydrogen-bond acceptors (Lipinski definition) is 1. The van der Waals surface area contributed by atoms with E-state index >= 15 is 0 Å². The highest BCUT2D eigenvalue weighted by Crippen LogP contribution is 1.88. The Balaban J connectivity index is 2.92. The van der Waals surface area contributed by atoms with Crippen molar-refractivity contribution in [2.24, 2.45) is 0 Å². The lowest BCUT2D eigenvalue weighted by atomic mass is 10.8. The molecule has 0 rings (SSSR count). The maximum absolute atomic E-state index is 9.42. The lowest BCUT2D eigenvalue weighted by Crippen LogP contribution is -1.22. The molecule has 28 valence electrons. The highest BCUT2D eigenvalue weighted by molar-refractivity contribution is 7.27. The van der Waals surface area contributed by atoms with Gasteiger partial charge in [0.25, 0.3) is 0 Å². The maximum atomic E-state index is 9.42. The molecular formula is C3H5OP. The molecule has 0 saturated carbocycles. The minimum atomic E-state index is 0.0992. The summed E-state index contributed by atoms with van der Waals surface area (Å²) in [4.78, 5) is 0. The molecule has 0 fully saturated rings. The second kappa shape index (κ2) is 3.84. The Hall–Kier alpha value is -0.160. The van der Waals surface area contributed by atoms with E-state index in [1.54, 1.807) is 11.9 Å². The molecule has 1 nitrogen and oxygen atoms in total. The third-order valence-corrected chi connectivity index (χ3v) is 0.630. The molecule has 0 aromatic heterocycles. The van der Waals surface area contributed by atoms with E-state index < -0.39 is 0 Å². The van der Waals surface area contributed by atoms with Gasteiger partial charge in [-0.25, -0.2) is 0 Å². The first-order valence-electron chi connectivity index (χ1n) is 1.35. The van der Waals surface area contributed by atoms with E-state index in [1.807, 2.05) is 6.92 Å².